The van der Waals surface area contributed by atoms with E-state index in [2.05, 4.69) is 23.6 Å². The van der Waals surface area contributed by atoms with Gasteiger partial charge in [-0.3, -0.25) is 9.80 Å². The van der Waals surface area contributed by atoms with Crippen LogP contribution in [0.3, 0.4) is 0 Å². The first kappa shape index (κ1) is 15.4. The van der Waals surface area contributed by atoms with Gasteiger partial charge in [-0.1, -0.05) is 6.92 Å². The van der Waals surface area contributed by atoms with Crippen molar-refractivity contribution >= 4 is 0 Å². The monoisotopic (exact) mass is 283 g/mol. The summed E-state index contributed by atoms with van der Waals surface area (Å²) in [6, 6.07) is 3.74. The van der Waals surface area contributed by atoms with Crippen LogP contribution >= 0.6 is 0 Å². The van der Waals surface area contributed by atoms with Gasteiger partial charge >= 0.3 is 0 Å². The molecule has 0 radical (unpaired) electrons. The molecule has 1 aromatic carbocycles. The Balaban J connectivity index is 2.18. The smallest absolute Gasteiger partial charge is 0.128 e. The zero-order chi connectivity index (χ0) is 14.7. The molecular weight excluding hydrogens is 260 g/mol. The Labute approximate surface area is 119 Å². The zero-order valence-electron chi connectivity index (χ0n) is 12.1. The van der Waals surface area contributed by atoms with Crippen molar-refractivity contribution in [2.45, 2.75) is 25.9 Å². The van der Waals surface area contributed by atoms with Crippen molar-refractivity contribution in [3.05, 3.63) is 35.4 Å². The Morgan fingerprint density at radius 3 is 2.70 bits per heavy atom. The topological polar surface area (TPSA) is 32.5 Å². The van der Waals surface area contributed by atoms with Crippen molar-refractivity contribution in [3.8, 4) is 0 Å². The highest BCUT2D eigenvalue weighted by Gasteiger charge is 2.29. The Bertz CT molecular complexity index is 453. The maximum atomic E-state index is 13.9. The van der Waals surface area contributed by atoms with Gasteiger partial charge in [-0.15, -0.1) is 0 Å². The maximum absolute atomic E-state index is 13.9. The van der Waals surface area contributed by atoms with Crippen molar-refractivity contribution < 1.29 is 8.78 Å². The summed E-state index contributed by atoms with van der Waals surface area (Å²) < 4.78 is 27.3. The number of rotatable bonds is 4. The highest BCUT2D eigenvalue weighted by Crippen LogP contribution is 2.26. The van der Waals surface area contributed by atoms with E-state index in [9.17, 15) is 8.78 Å². The van der Waals surface area contributed by atoms with E-state index < -0.39 is 5.82 Å². The highest BCUT2D eigenvalue weighted by atomic mass is 19.1. The van der Waals surface area contributed by atoms with E-state index in [1.54, 1.807) is 0 Å². The summed E-state index contributed by atoms with van der Waals surface area (Å²) in [5, 5.41) is 0. The van der Waals surface area contributed by atoms with Gasteiger partial charge in [0.1, 0.15) is 11.6 Å². The van der Waals surface area contributed by atoms with Gasteiger partial charge in [0, 0.05) is 37.8 Å². The first-order valence-corrected chi connectivity index (χ1v) is 7.20. The van der Waals surface area contributed by atoms with Crippen LogP contribution in [0.4, 0.5) is 8.78 Å². The SMILES string of the molecule is CCN1CCN(C(CN)c2cc(F)ccc2F)CC1C. The standard InChI is InChI=1S/C15H23F2N3/c1-3-19-6-7-20(10-11(19)2)15(9-18)13-8-12(16)4-5-14(13)17/h4-5,8,11,15H,3,6-7,9-10,18H2,1-2H3. The van der Waals surface area contributed by atoms with Crippen LogP contribution in [0, 0.1) is 11.6 Å². The molecule has 0 bridgehead atoms. The van der Waals surface area contributed by atoms with Gasteiger partial charge in [-0.05, 0) is 31.7 Å². The first-order valence-electron chi connectivity index (χ1n) is 7.20. The minimum absolute atomic E-state index is 0.257. The number of benzene rings is 1. The molecule has 2 N–H and O–H groups in total. The second-order valence-corrected chi connectivity index (χ2v) is 5.39. The van der Waals surface area contributed by atoms with Crippen molar-refractivity contribution in [2.24, 2.45) is 5.73 Å². The number of hydrogen-bond donors (Lipinski definition) is 1. The molecule has 3 nitrogen and oxygen atoms in total. The minimum Gasteiger partial charge on any atom is -0.329 e. The number of nitrogens with zero attached hydrogens (tertiary/aromatic N) is 2. The lowest BCUT2D eigenvalue weighted by molar-refractivity contribution is 0.0595. The molecule has 2 unspecified atom stereocenters. The molecule has 0 spiro atoms. The molecule has 0 aromatic heterocycles. The minimum atomic E-state index is -0.417. The molecule has 1 fully saturated rings. The maximum Gasteiger partial charge on any atom is 0.128 e. The lowest BCUT2D eigenvalue weighted by atomic mass is 10.0. The van der Waals surface area contributed by atoms with Crippen molar-refractivity contribution in [1.82, 2.24) is 9.80 Å². The van der Waals surface area contributed by atoms with Crippen LogP contribution in [0.25, 0.3) is 0 Å². The normalized spacial score (nSPS) is 22.9. The van der Waals surface area contributed by atoms with Crippen molar-refractivity contribution in [2.75, 3.05) is 32.7 Å². The summed E-state index contributed by atoms with van der Waals surface area (Å²) >= 11 is 0. The van der Waals surface area contributed by atoms with Crippen LogP contribution in [0.1, 0.15) is 25.5 Å². The van der Waals surface area contributed by atoms with Gasteiger partial charge in [0.05, 0.1) is 6.04 Å². The fourth-order valence-corrected chi connectivity index (χ4v) is 3.02. The average Bonchev–Trinajstić information content (AvgIpc) is 2.44. The van der Waals surface area contributed by atoms with Gasteiger partial charge in [-0.25, -0.2) is 8.78 Å². The average molecular weight is 283 g/mol. The molecule has 5 heteroatoms. The lowest BCUT2D eigenvalue weighted by Crippen LogP contribution is -2.53. The molecule has 20 heavy (non-hydrogen) atoms. The predicted molar refractivity (Wildman–Crippen MR) is 76.4 cm³/mol. The fourth-order valence-electron chi connectivity index (χ4n) is 3.02. The largest absolute Gasteiger partial charge is 0.329 e. The molecule has 2 atom stereocenters. The second-order valence-electron chi connectivity index (χ2n) is 5.39. The molecule has 1 aromatic rings. The highest BCUT2D eigenvalue weighted by molar-refractivity contribution is 5.23. The quantitative estimate of drug-likeness (QED) is 0.917. The summed E-state index contributed by atoms with van der Waals surface area (Å²) in [5.74, 6) is -0.799. The van der Waals surface area contributed by atoms with E-state index in [4.69, 9.17) is 5.73 Å². The molecule has 1 aliphatic rings. The van der Waals surface area contributed by atoms with Gasteiger partial charge < -0.3 is 5.73 Å². The van der Waals surface area contributed by atoms with Crippen molar-refractivity contribution in [3.63, 3.8) is 0 Å². The third-order valence-corrected chi connectivity index (χ3v) is 4.18. The Hall–Kier alpha value is -1.04. The Kier molecular flexibility index (Phi) is 5.07. The van der Waals surface area contributed by atoms with E-state index in [0.29, 0.717) is 18.2 Å². The number of hydrogen-bond acceptors (Lipinski definition) is 3. The lowest BCUT2D eigenvalue weighted by Gasteiger charge is -2.42. The fraction of sp³-hybridized carbons (Fsp3) is 0.600. The number of halogens is 2. The Morgan fingerprint density at radius 1 is 1.35 bits per heavy atom. The van der Waals surface area contributed by atoms with Gasteiger partial charge in [0.15, 0.2) is 0 Å². The van der Waals surface area contributed by atoms with Gasteiger partial charge in [0.25, 0.3) is 0 Å². The summed E-state index contributed by atoms with van der Waals surface area (Å²) in [4.78, 5) is 4.54. The van der Waals surface area contributed by atoms with Crippen LogP contribution in [-0.2, 0) is 0 Å². The molecule has 0 saturated carbocycles. The number of likely N-dealkylation sites (N-methyl/N-ethyl adjacent to an activating group) is 1. The molecular formula is C15H23F2N3. The van der Waals surface area contributed by atoms with E-state index in [1.807, 2.05) is 0 Å². The van der Waals surface area contributed by atoms with E-state index in [0.717, 1.165) is 32.2 Å². The van der Waals surface area contributed by atoms with Gasteiger partial charge in [0.2, 0.25) is 0 Å². The molecule has 2 rings (SSSR count). The van der Waals surface area contributed by atoms with Crippen molar-refractivity contribution in [1.29, 1.82) is 0 Å². The summed E-state index contributed by atoms with van der Waals surface area (Å²) in [6.45, 7) is 8.19. The van der Waals surface area contributed by atoms with Crippen LogP contribution < -0.4 is 5.73 Å². The van der Waals surface area contributed by atoms with E-state index in [-0.39, 0.29) is 11.9 Å². The van der Waals surface area contributed by atoms with Crippen LogP contribution in [0.15, 0.2) is 18.2 Å². The molecule has 0 amide bonds. The van der Waals surface area contributed by atoms with Crippen LogP contribution in [0.5, 0.6) is 0 Å². The third-order valence-electron chi connectivity index (χ3n) is 4.18. The van der Waals surface area contributed by atoms with Crippen LogP contribution in [0.2, 0.25) is 0 Å². The first-order chi connectivity index (χ1) is 9.56. The molecule has 1 heterocycles. The van der Waals surface area contributed by atoms with Crippen LogP contribution in [-0.4, -0.2) is 48.6 Å². The predicted octanol–water partition coefficient (Wildman–Crippen LogP) is 1.99. The summed E-state index contributed by atoms with van der Waals surface area (Å²) in [7, 11) is 0. The Morgan fingerprint density at radius 2 is 2.10 bits per heavy atom. The molecule has 112 valence electrons. The summed E-state index contributed by atoms with van der Waals surface area (Å²) in [5.41, 5.74) is 6.19. The third kappa shape index (κ3) is 3.16. The second kappa shape index (κ2) is 6.61. The van der Waals surface area contributed by atoms with Gasteiger partial charge in [-0.2, -0.15) is 0 Å². The number of piperazine rings is 1. The summed E-state index contributed by atoms with van der Waals surface area (Å²) in [6.07, 6.45) is 0. The number of nitrogens with two attached hydrogens (primary N) is 1. The van der Waals surface area contributed by atoms with E-state index >= 15 is 0 Å². The van der Waals surface area contributed by atoms with E-state index in [1.165, 1.54) is 12.1 Å². The molecule has 0 aliphatic carbocycles. The molecule has 1 saturated heterocycles. The zero-order valence-corrected chi connectivity index (χ0v) is 12.1. The molecule has 1 aliphatic heterocycles.